The summed E-state index contributed by atoms with van der Waals surface area (Å²) in [5.41, 5.74) is 1.24. The minimum atomic E-state index is 0.00827. The molecule has 1 heterocycles. The minimum absolute atomic E-state index is 0.00827. The van der Waals surface area contributed by atoms with Crippen LogP contribution in [0.4, 0.5) is 4.79 Å². The second-order valence-electron chi connectivity index (χ2n) is 3.94. The van der Waals surface area contributed by atoms with Crippen LogP contribution in [0.5, 0.6) is 0 Å². The molecule has 0 bridgehead atoms. The predicted molar refractivity (Wildman–Crippen MR) is 68.0 cm³/mol. The second kappa shape index (κ2) is 5.93. The van der Waals surface area contributed by atoms with Crippen LogP contribution in [-0.2, 0) is 4.18 Å². The summed E-state index contributed by atoms with van der Waals surface area (Å²) in [5, 5.41) is 2.76. The summed E-state index contributed by atoms with van der Waals surface area (Å²) >= 11 is 1.36. The van der Waals surface area contributed by atoms with E-state index in [9.17, 15) is 4.79 Å². The quantitative estimate of drug-likeness (QED) is 0.644. The average molecular weight is 252 g/mol. The van der Waals surface area contributed by atoms with Crippen LogP contribution in [-0.4, -0.2) is 37.2 Å². The van der Waals surface area contributed by atoms with Gasteiger partial charge in [0.1, 0.15) is 0 Å². The summed E-state index contributed by atoms with van der Waals surface area (Å²) in [5.74, 6) is 0. The Labute approximate surface area is 106 Å². The predicted octanol–water partition coefficient (Wildman–Crippen LogP) is 2.04. The summed E-state index contributed by atoms with van der Waals surface area (Å²) in [4.78, 5) is 14.1. The van der Waals surface area contributed by atoms with Crippen molar-refractivity contribution in [2.24, 2.45) is 0 Å². The zero-order valence-electron chi connectivity index (χ0n) is 9.81. The Morgan fingerprint density at radius 1 is 1.41 bits per heavy atom. The average Bonchev–Trinajstić information content (AvgIpc) is 2.73. The van der Waals surface area contributed by atoms with E-state index in [0.29, 0.717) is 13.2 Å². The highest BCUT2D eigenvalue weighted by Gasteiger charge is 2.18. The number of rotatable bonds is 5. The van der Waals surface area contributed by atoms with E-state index in [-0.39, 0.29) is 6.03 Å². The molecular weight excluding hydrogens is 236 g/mol. The molecular formula is C12H16N2O2S. The highest BCUT2D eigenvalue weighted by molar-refractivity contribution is 7.94. The Bertz CT molecular complexity index is 381. The third kappa shape index (κ3) is 3.64. The smallest absolute Gasteiger partial charge is 0.317 e. The van der Waals surface area contributed by atoms with Gasteiger partial charge in [0.25, 0.3) is 0 Å². The molecule has 0 spiro atoms. The number of hydrogen-bond acceptors (Lipinski definition) is 3. The molecule has 17 heavy (non-hydrogen) atoms. The number of nitrogens with one attached hydrogen (secondary N) is 1. The van der Waals surface area contributed by atoms with Crippen molar-refractivity contribution in [3.8, 4) is 0 Å². The van der Waals surface area contributed by atoms with Crippen molar-refractivity contribution in [2.75, 3.05) is 26.2 Å². The Kier molecular flexibility index (Phi) is 4.28. The fourth-order valence-corrected chi connectivity index (χ4v) is 2.12. The summed E-state index contributed by atoms with van der Waals surface area (Å²) in [7, 11) is 0. The van der Waals surface area contributed by atoms with Gasteiger partial charge in [0.2, 0.25) is 0 Å². The van der Waals surface area contributed by atoms with Crippen molar-refractivity contribution < 1.29 is 8.98 Å². The first-order valence-electron chi connectivity index (χ1n) is 5.64. The molecule has 1 fully saturated rings. The molecule has 0 radical (unpaired) electrons. The van der Waals surface area contributed by atoms with E-state index >= 15 is 0 Å². The SMILES string of the molecule is Cc1ccc(SOCCN2CCNC2=O)cc1. The Balaban J connectivity index is 1.66. The van der Waals surface area contributed by atoms with Crippen LogP contribution in [0.25, 0.3) is 0 Å². The molecule has 0 unspecified atom stereocenters. The molecule has 1 aliphatic rings. The number of hydrogen-bond donors (Lipinski definition) is 1. The molecule has 5 heteroatoms. The molecule has 2 amide bonds. The molecule has 1 aromatic carbocycles. The van der Waals surface area contributed by atoms with Crippen LogP contribution >= 0.6 is 12.0 Å². The fourth-order valence-electron chi connectivity index (χ4n) is 1.58. The lowest BCUT2D eigenvalue weighted by Gasteiger charge is -2.13. The molecule has 0 saturated carbocycles. The molecule has 0 aromatic heterocycles. The number of benzene rings is 1. The van der Waals surface area contributed by atoms with Gasteiger partial charge in [0.15, 0.2) is 0 Å². The molecule has 92 valence electrons. The van der Waals surface area contributed by atoms with Crippen LogP contribution in [0.15, 0.2) is 29.2 Å². The lowest BCUT2D eigenvalue weighted by molar-refractivity contribution is 0.207. The number of carbonyl (C=O) groups excluding carboxylic acids is 1. The van der Waals surface area contributed by atoms with Crippen LogP contribution in [0.1, 0.15) is 5.56 Å². The molecule has 0 atom stereocenters. The van der Waals surface area contributed by atoms with Gasteiger partial charge in [-0.3, -0.25) is 0 Å². The first kappa shape index (κ1) is 12.3. The van der Waals surface area contributed by atoms with E-state index < -0.39 is 0 Å². The highest BCUT2D eigenvalue weighted by atomic mass is 32.2. The molecule has 0 aliphatic carbocycles. The lowest BCUT2D eigenvalue weighted by atomic mass is 10.2. The number of carbonyl (C=O) groups is 1. The molecule has 1 aliphatic heterocycles. The van der Waals surface area contributed by atoms with Gasteiger partial charge in [-0.25, -0.2) is 4.79 Å². The van der Waals surface area contributed by atoms with Crippen molar-refractivity contribution in [3.05, 3.63) is 29.8 Å². The van der Waals surface area contributed by atoms with Crippen molar-refractivity contribution >= 4 is 18.1 Å². The zero-order chi connectivity index (χ0) is 12.1. The van der Waals surface area contributed by atoms with Crippen molar-refractivity contribution in [3.63, 3.8) is 0 Å². The van der Waals surface area contributed by atoms with Crippen LogP contribution in [0.3, 0.4) is 0 Å². The first-order valence-corrected chi connectivity index (χ1v) is 6.39. The molecule has 1 saturated heterocycles. The standard InChI is InChI=1S/C12H16N2O2S/c1-10-2-4-11(5-3-10)17-16-9-8-14-7-6-13-12(14)15/h2-5H,6-9H2,1H3,(H,13,15). The van der Waals surface area contributed by atoms with Gasteiger partial charge >= 0.3 is 6.03 Å². The number of aryl methyl sites for hydroxylation is 1. The van der Waals surface area contributed by atoms with Gasteiger partial charge in [-0.2, -0.15) is 0 Å². The Morgan fingerprint density at radius 2 is 2.18 bits per heavy atom. The van der Waals surface area contributed by atoms with Crippen LogP contribution < -0.4 is 5.32 Å². The van der Waals surface area contributed by atoms with E-state index in [4.69, 9.17) is 4.18 Å². The third-order valence-electron chi connectivity index (χ3n) is 2.57. The normalized spacial score (nSPS) is 15.1. The van der Waals surface area contributed by atoms with Gasteiger partial charge in [-0.15, -0.1) is 0 Å². The second-order valence-corrected chi connectivity index (χ2v) is 4.81. The van der Waals surface area contributed by atoms with Crippen molar-refractivity contribution in [1.82, 2.24) is 10.2 Å². The minimum Gasteiger partial charge on any atom is -0.336 e. The molecule has 1 aromatic rings. The Hall–Kier alpha value is -1.20. The Morgan fingerprint density at radius 3 is 2.82 bits per heavy atom. The van der Waals surface area contributed by atoms with Gasteiger partial charge < -0.3 is 14.4 Å². The molecule has 4 nitrogen and oxygen atoms in total. The van der Waals surface area contributed by atoms with Crippen LogP contribution in [0, 0.1) is 6.92 Å². The van der Waals surface area contributed by atoms with Gasteiger partial charge in [0.05, 0.1) is 6.61 Å². The van der Waals surface area contributed by atoms with E-state index in [0.717, 1.165) is 18.0 Å². The number of amides is 2. The molecule has 2 rings (SSSR count). The zero-order valence-corrected chi connectivity index (χ0v) is 10.6. The van der Waals surface area contributed by atoms with E-state index in [1.807, 2.05) is 12.1 Å². The maximum atomic E-state index is 11.2. The number of nitrogens with zero attached hydrogens (tertiary/aromatic N) is 1. The maximum absolute atomic E-state index is 11.2. The first-order chi connectivity index (χ1) is 8.25. The monoisotopic (exact) mass is 252 g/mol. The lowest BCUT2D eigenvalue weighted by Crippen LogP contribution is -2.30. The van der Waals surface area contributed by atoms with Crippen molar-refractivity contribution in [2.45, 2.75) is 11.8 Å². The third-order valence-corrected chi connectivity index (χ3v) is 3.31. The van der Waals surface area contributed by atoms with E-state index in [1.54, 1.807) is 4.90 Å². The van der Waals surface area contributed by atoms with Gasteiger partial charge in [-0.1, -0.05) is 17.7 Å². The molecule has 1 N–H and O–H groups in total. The largest absolute Gasteiger partial charge is 0.336 e. The summed E-state index contributed by atoms with van der Waals surface area (Å²) in [6.45, 7) is 4.76. The number of urea groups is 1. The van der Waals surface area contributed by atoms with E-state index in [1.165, 1.54) is 17.6 Å². The highest BCUT2D eigenvalue weighted by Crippen LogP contribution is 2.19. The fraction of sp³-hybridized carbons (Fsp3) is 0.417. The van der Waals surface area contributed by atoms with Gasteiger partial charge in [-0.05, 0) is 19.1 Å². The van der Waals surface area contributed by atoms with E-state index in [2.05, 4.69) is 24.4 Å². The van der Waals surface area contributed by atoms with Gasteiger partial charge in [0, 0.05) is 36.6 Å². The summed E-state index contributed by atoms with van der Waals surface area (Å²) in [6.07, 6.45) is 0. The summed E-state index contributed by atoms with van der Waals surface area (Å²) < 4.78 is 5.46. The maximum Gasteiger partial charge on any atom is 0.317 e. The summed E-state index contributed by atoms with van der Waals surface area (Å²) in [6, 6.07) is 8.18. The van der Waals surface area contributed by atoms with Crippen LogP contribution in [0.2, 0.25) is 0 Å². The van der Waals surface area contributed by atoms with Crippen molar-refractivity contribution in [1.29, 1.82) is 0 Å². The topological polar surface area (TPSA) is 41.6 Å².